The maximum absolute atomic E-state index is 5.98. The predicted octanol–water partition coefficient (Wildman–Crippen LogP) is 5.63. The van der Waals surface area contributed by atoms with Gasteiger partial charge in [0.25, 0.3) is 0 Å². The largest absolute Gasteiger partial charge is 0.496 e. The van der Waals surface area contributed by atoms with Crippen molar-refractivity contribution in [1.29, 1.82) is 0 Å². The highest BCUT2D eigenvalue weighted by atomic mass is 16.5. The van der Waals surface area contributed by atoms with Crippen molar-refractivity contribution in [2.24, 2.45) is 0 Å². The minimum Gasteiger partial charge on any atom is -0.496 e. The smallest absolute Gasteiger partial charge is 0.131 e. The van der Waals surface area contributed by atoms with Gasteiger partial charge in [0.1, 0.15) is 5.75 Å². The quantitative estimate of drug-likeness (QED) is 0.596. The molecule has 3 aromatic rings. The Hall–Kier alpha value is -2.58. The summed E-state index contributed by atoms with van der Waals surface area (Å²) in [5.41, 5.74) is 6.10. The lowest BCUT2D eigenvalue weighted by molar-refractivity contribution is 0.321. The molecule has 4 rings (SSSR count). The monoisotopic (exact) mass is 343 g/mol. The van der Waals surface area contributed by atoms with E-state index in [2.05, 4.69) is 77.7 Å². The van der Waals surface area contributed by atoms with E-state index in [1.807, 2.05) is 0 Å². The van der Waals surface area contributed by atoms with Gasteiger partial charge >= 0.3 is 0 Å². The number of rotatable bonds is 5. The SMILES string of the molecule is COc1c(CN2CCCC2)ccc(-c2ccccc2)c1-c1ccccc1. The van der Waals surface area contributed by atoms with Gasteiger partial charge in [-0.3, -0.25) is 4.90 Å². The van der Waals surface area contributed by atoms with Crippen LogP contribution in [0.5, 0.6) is 5.75 Å². The predicted molar refractivity (Wildman–Crippen MR) is 108 cm³/mol. The molecule has 0 unspecified atom stereocenters. The fourth-order valence-corrected chi connectivity index (χ4v) is 3.91. The van der Waals surface area contributed by atoms with Gasteiger partial charge < -0.3 is 4.74 Å². The number of hydrogen-bond acceptors (Lipinski definition) is 2. The Bertz CT molecular complexity index is 852. The molecule has 0 atom stereocenters. The zero-order chi connectivity index (χ0) is 17.8. The Balaban J connectivity index is 1.87. The van der Waals surface area contributed by atoms with Crippen molar-refractivity contribution in [3.8, 4) is 28.0 Å². The van der Waals surface area contributed by atoms with Crippen LogP contribution < -0.4 is 4.74 Å². The molecule has 2 nitrogen and oxygen atoms in total. The first kappa shape index (κ1) is 16.9. The molecule has 0 N–H and O–H groups in total. The first-order valence-corrected chi connectivity index (χ1v) is 9.40. The van der Waals surface area contributed by atoms with Crippen molar-refractivity contribution < 1.29 is 4.74 Å². The maximum atomic E-state index is 5.98. The van der Waals surface area contributed by atoms with E-state index in [1.165, 1.54) is 53.7 Å². The summed E-state index contributed by atoms with van der Waals surface area (Å²) in [6, 6.07) is 25.7. The van der Waals surface area contributed by atoms with E-state index in [4.69, 9.17) is 4.74 Å². The zero-order valence-electron chi connectivity index (χ0n) is 15.3. The highest BCUT2D eigenvalue weighted by molar-refractivity contribution is 5.88. The van der Waals surface area contributed by atoms with Crippen molar-refractivity contribution in [1.82, 2.24) is 4.90 Å². The van der Waals surface area contributed by atoms with Crippen LogP contribution in [-0.4, -0.2) is 25.1 Å². The van der Waals surface area contributed by atoms with E-state index in [0.717, 1.165) is 12.3 Å². The highest BCUT2D eigenvalue weighted by Gasteiger charge is 2.20. The van der Waals surface area contributed by atoms with Gasteiger partial charge in [-0.25, -0.2) is 0 Å². The molecule has 1 aliphatic rings. The maximum Gasteiger partial charge on any atom is 0.131 e. The molecule has 1 fully saturated rings. The molecule has 26 heavy (non-hydrogen) atoms. The van der Waals surface area contributed by atoms with E-state index < -0.39 is 0 Å². The Kier molecular flexibility index (Phi) is 5.03. The third-order valence-electron chi connectivity index (χ3n) is 5.18. The van der Waals surface area contributed by atoms with Crippen molar-refractivity contribution in [2.45, 2.75) is 19.4 Å². The summed E-state index contributed by atoms with van der Waals surface area (Å²) in [6.07, 6.45) is 2.60. The van der Waals surface area contributed by atoms with Crippen LogP contribution in [-0.2, 0) is 6.54 Å². The first-order valence-electron chi connectivity index (χ1n) is 9.40. The summed E-state index contributed by atoms with van der Waals surface area (Å²) in [6.45, 7) is 3.33. The van der Waals surface area contributed by atoms with Crippen molar-refractivity contribution in [2.75, 3.05) is 20.2 Å². The van der Waals surface area contributed by atoms with Crippen LogP contribution in [0.15, 0.2) is 72.8 Å². The van der Waals surface area contributed by atoms with Crippen molar-refractivity contribution >= 4 is 0 Å². The number of benzene rings is 3. The van der Waals surface area contributed by atoms with E-state index >= 15 is 0 Å². The second-order valence-electron chi connectivity index (χ2n) is 6.90. The molecule has 0 bridgehead atoms. The lowest BCUT2D eigenvalue weighted by Crippen LogP contribution is -2.19. The zero-order valence-corrected chi connectivity index (χ0v) is 15.3. The van der Waals surface area contributed by atoms with Crippen LogP contribution in [0.1, 0.15) is 18.4 Å². The average Bonchev–Trinajstić information content (AvgIpc) is 3.22. The molecule has 0 saturated carbocycles. The van der Waals surface area contributed by atoms with Crippen LogP contribution in [0.25, 0.3) is 22.3 Å². The normalized spacial score (nSPS) is 14.5. The van der Waals surface area contributed by atoms with E-state index in [1.54, 1.807) is 7.11 Å². The van der Waals surface area contributed by atoms with Crippen LogP contribution in [0.3, 0.4) is 0 Å². The summed E-state index contributed by atoms with van der Waals surface area (Å²) in [4.78, 5) is 2.52. The van der Waals surface area contributed by atoms with Gasteiger partial charge in [-0.15, -0.1) is 0 Å². The van der Waals surface area contributed by atoms with Gasteiger partial charge in [-0.1, -0.05) is 72.8 Å². The Labute approximate surface area is 156 Å². The number of likely N-dealkylation sites (tertiary alicyclic amines) is 1. The van der Waals surface area contributed by atoms with Crippen LogP contribution in [0.2, 0.25) is 0 Å². The number of methoxy groups -OCH3 is 1. The summed E-state index contributed by atoms with van der Waals surface area (Å²) >= 11 is 0. The molecule has 0 aliphatic carbocycles. The molecular formula is C24H25NO. The fourth-order valence-electron chi connectivity index (χ4n) is 3.91. The number of nitrogens with zero attached hydrogens (tertiary/aromatic N) is 1. The van der Waals surface area contributed by atoms with Crippen LogP contribution in [0, 0.1) is 0 Å². The van der Waals surface area contributed by atoms with E-state index in [0.29, 0.717) is 0 Å². The molecule has 1 saturated heterocycles. The molecular weight excluding hydrogens is 318 g/mol. The first-order chi connectivity index (χ1) is 12.9. The lowest BCUT2D eigenvalue weighted by atomic mass is 9.91. The Morgan fingerprint density at radius 2 is 1.38 bits per heavy atom. The fraction of sp³-hybridized carbons (Fsp3) is 0.250. The topological polar surface area (TPSA) is 12.5 Å². The molecule has 0 aromatic heterocycles. The molecule has 0 radical (unpaired) electrons. The Morgan fingerprint density at radius 3 is 2.00 bits per heavy atom. The average molecular weight is 343 g/mol. The van der Waals surface area contributed by atoms with E-state index in [-0.39, 0.29) is 0 Å². The van der Waals surface area contributed by atoms with Gasteiger partial charge in [0, 0.05) is 17.7 Å². The van der Waals surface area contributed by atoms with Crippen LogP contribution in [0.4, 0.5) is 0 Å². The second-order valence-corrected chi connectivity index (χ2v) is 6.90. The van der Waals surface area contributed by atoms with Crippen molar-refractivity contribution in [3.05, 3.63) is 78.4 Å². The third-order valence-corrected chi connectivity index (χ3v) is 5.18. The minimum atomic E-state index is 0.956. The molecule has 0 amide bonds. The van der Waals surface area contributed by atoms with Crippen LogP contribution >= 0.6 is 0 Å². The third kappa shape index (κ3) is 3.38. The lowest BCUT2D eigenvalue weighted by Gasteiger charge is -2.21. The molecule has 3 aromatic carbocycles. The Morgan fingerprint density at radius 1 is 0.769 bits per heavy atom. The number of hydrogen-bond donors (Lipinski definition) is 0. The molecule has 0 spiro atoms. The van der Waals surface area contributed by atoms with Gasteiger partial charge in [-0.05, 0) is 42.6 Å². The van der Waals surface area contributed by atoms with Gasteiger partial charge in [-0.2, -0.15) is 0 Å². The highest BCUT2D eigenvalue weighted by Crippen LogP contribution is 2.42. The number of ether oxygens (including phenoxy) is 1. The van der Waals surface area contributed by atoms with E-state index in [9.17, 15) is 0 Å². The molecule has 132 valence electrons. The van der Waals surface area contributed by atoms with Gasteiger partial charge in [0.15, 0.2) is 0 Å². The minimum absolute atomic E-state index is 0.956. The van der Waals surface area contributed by atoms with Crippen molar-refractivity contribution in [3.63, 3.8) is 0 Å². The van der Waals surface area contributed by atoms with Gasteiger partial charge in [0.2, 0.25) is 0 Å². The molecule has 1 aliphatic heterocycles. The standard InChI is InChI=1S/C24H25NO/c1-26-24-21(18-25-16-8-9-17-25)14-15-22(19-10-4-2-5-11-19)23(24)20-12-6-3-7-13-20/h2-7,10-15H,8-9,16-18H2,1H3. The summed E-state index contributed by atoms with van der Waals surface area (Å²) in [5, 5.41) is 0. The summed E-state index contributed by atoms with van der Waals surface area (Å²) in [7, 11) is 1.80. The molecule has 1 heterocycles. The van der Waals surface area contributed by atoms with Gasteiger partial charge in [0.05, 0.1) is 7.11 Å². The summed E-state index contributed by atoms with van der Waals surface area (Å²) < 4.78 is 5.98. The molecule has 2 heteroatoms. The summed E-state index contributed by atoms with van der Waals surface area (Å²) in [5.74, 6) is 1.00. The second kappa shape index (κ2) is 7.76.